The van der Waals surface area contributed by atoms with Crippen molar-refractivity contribution in [3.05, 3.63) is 59.2 Å². The predicted molar refractivity (Wildman–Crippen MR) is 124 cm³/mol. The lowest BCUT2D eigenvalue weighted by molar-refractivity contribution is -0.128. The maximum Gasteiger partial charge on any atom is 0.261 e. The van der Waals surface area contributed by atoms with Crippen molar-refractivity contribution >= 4 is 11.6 Å². The second kappa shape index (κ2) is 10.0. The van der Waals surface area contributed by atoms with E-state index in [1.807, 2.05) is 39.8 Å². The molecule has 30 heavy (non-hydrogen) atoms. The molecule has 1 aliphatic rings. The van der Waals surface area contributed by atoms with E-state index >= 15 is 0 Å². The van der Waals surface area contributed by atoms with Crippen molar-refractivity contribution in [2.45, 2.75) is 66.0 Å². The second-order valence-corrected chi connectivity index (χ2v) is 8.85. The maximum absolute atomic E-state index is 12.8. The normalized spacial score (nSPS) is 18.6. The van der Waals surface area contributed by atoms with Gasteiger partial charge in [0, 0.05) is 18.8 Å². The minimum atomic E-state index is -0.497. The zero-order valence-corrected chi connectivity index (χ0v) is 19.1. The quantitative estimate of drug-likeness (QED) is 0.651. The average molecular weight is 409 g/mol. The number of aryl methyl sites for hydroxylation is 2. The Morgan fingerprint density at radius 2 is 1.83 bits per heavy atom. The molecule has 3 atom stereocenters. The number of amides is 1. The minimum Gasteiger partial charge on any atom is -0.481 e. The smallest absolute Gasteiger partial charge is 0.261 e. The molecule has 4 heteroatoms. The van der Waals surface area contributed by atoms with Gasteiger partial charge in [-0.1, -0.05) is 32.0 Å². The maximum atomic E-state index is 12.8. The fourth-order valence-corrected chi connectivity index (χ4v) is 4.27. The third-order valence-electron chi connectivity index (χ3n) is 5.91. The highest BCUT2D eigenvalue weighted by molar-refractivity contribution is 5.81. The van der Waals surface area contributed by atoms with E-state index in [2.05, 4.69) is 47.5 Å². The summed E-state index contributed by atoms with van der Waals surface area (Å²) in [5, 5.41) is 3.13. The number of ether oxygens (including phenoxy) is 1. The lowest BCUT2D eigenvalue weighted by atomic mass is 9.99. The van der Waals surface area contributed by atoms with Gasteiger partial charge >= 0.3 is 0 Å². The second-order valence-electron chi connectivity index (χ2n) is 8.85. The van der Waals surface area contributed by atoms with Gasteiger partial charge in [-0.05, 0) is 86.9 Å². The lowest BCUT2D eigenvalue weighted by Crippen LogP contribution is -2.39. The zero-order valence-electron chi connectivity index (χ0n) is 19.1. The molecule has 1 N–H and O–H groups in total. The van der Waals surface area contributed by atoms with Crippen LogP contribution >= 0.6 is 0 Å². The summed E-state index contributed by atoms with van der Waals surface area (Å²) in [5.41, 5.74) is 4.65. The molecule has 2 aromatic rings. The summed E-state index contributed by atoms with van der Waals surface area (Å²) < 4.78 is 6.01. The number of benzene rings is 2. The van der Waals surface area contributed by atoms with Crippen LogP contribution in [0.2, 0.25) is 0 Å². The molecule has 0 unspecified atom stereocenters. The molecule has 1 amide bonds. The number of anilines is 1. The van der Waals surface area contributed by atoms with E-state index in [1.165, 1.54) is 18.5 Å². The Hall–Kier alpha value is -2.49. The highest BCUT2D eigenvalue weighted by Crippen LogP contribution is 2.25. The summed E-state index contributed by atoms with van der Waals surface area (Å²) in [6, 6.07) is 14.6. The highest BCUT2D eigenvalue weighted by atomic mass is 16.5. The van der Waals surface area contributed by atoms with Gasteiger partial charge in [-0.25, -0.2) is 0 Å². The van der Waals surface area contributed by atoms with Crippen LogP contribution in [0.15, 0.2) is 42.5 Å². The Balaban J connectivity index is 1.60. The van der Waals surface area contributed by atoms with Crippen LogP contribution in [0.25, 0.3) is 0 Å². The molecule has 0 aromatic heterocycles. The molecular formula is C26H36N2O2. The fourth-order valence-electron chi connectivity index (χ4n) is 4.27. The first-order valence-electron chi connectivity index (χ1n) is 11.3. The van der Waals surface area contributed by atoms with E-state index in [9.17, 15) is 4.79 Å². The summed E-state index contributed by atoms with van der Waals surface area (Å²) in [7, 11) is 0. The van der Waals surface area contributed by atoms with Gasteiger partial charge in [-0.2, -0.15) is 0 Å². The fraction of sp³-hybridized carbons (Fsp3) is 0.500. The summed E-state index contributed by atoms with van der Waals surface area (Å²) in [4.78, 5) is 15.3. The molecule has 1 saturated heterocycles. The van der Waals surface area contributed by atoms with Crippen molar-refractivity contribution in [1.29, 1.82) is 0 Å². The van der Waals surface area contributed by atoms with Gasteiger partial charge in [0.15, 0.2) is 6.10 Å². The lowest BCUT2D eigenvalue weighted by Gasteiger charge is -2.33. The van der Waals surface area contributed by atoms with E-state index < -0.39 is 6.10 Å². The Kier molecular flexibility index (Phi) is 7.41. The Bertz CT molecular complexity index is 826. The number of nitrogens with zero attached hydrogens (tertiary/aromatic N) is 1. The molecule has 162 valence electrons. The first kappa shape index (κ1) is 22.2. The molecule has 0 spiro atoms. The zero-order chi connectivity index (χ0) is 21.7. The van der Waals surface area contributed by atoms with E-state index in [-0.39, 0.29) is 11.9 Å². The van der Waals surface area contributed by atoms with Crippen LogP contribution in [-0.4, -0.2) is 25.1 Å². The van der Waals surface area contributed by atoms with E-state index in [4.69, 9.17) is 4.74 Å². The summed E-state index contributed by atoms with van der Waals surface area (Å²) in [5.74, 6) is 1.43. The molecule has 0 aliphatic carbocycles. The van der Waals surface area contributed by atoms with Crippen molar-refractivity contribution in [3.63, 3.8) is 0 Å². The van der Waals surface area contributed by atoms with Crippen molar-refractivity contribution in [2.75, 3.05) is 18.0 Å². The predicted octanol–water partition coefficient (Wildman–Crippen LogP) is 5.57. The molecule has 1 aliphatic heterocycles. The number of carbonyl (C=O) groups is 1. The molecule has 3 rings (SSSR count). The Labute approximate surface area is 181 Å². The highest BCUT2D eigenvalue weighted by Gasteiger charge is 2.21. The van der Waals surface area contributed by atoms with Crippen molar-refractivity contribution in [1.82, 2.24) is 5.32 Å². The Morgan fingerprint density at radius 3 is 2.43 bits per heavy atom. The van der Waals surface area contributed by atoms with Gasteiger partial charge in [0.05, 0.1) is 6.04 Å². The van der Waals surface area contributed by atoms with Gasteiger partial charge < -0.3 is 15.0 Å². The number of hydrogen-bond donors (Lipinski definition) is 1. The van der Waals surface area contributed by atoms with Gasteiger partial charge in [-0.3, -0.25) is 4.79 Å². The number of piperidine rings is 1. The van der Waals surface area contributed by atoms with Gasteiger partial charge in [0.1, 0.15) is 5.75 Å². The van der Waals surface area contributed by atoms with Crippen LogP contribution in [-0.2, 0) is 4.79 Å². The summed E-state index contributed by atoms with van der Waals surface area (Å²) >= 11 is 0. The molecule has 0 saturated carbocycles. The summed E-state index contributed by atoms with van der Waals surface area (Å²) in [6.45, 7) is 12.7. The van der Waals surface area contributed by atoms with Crippen LogP contribution in [0.3, 0.4) is 0 Å². The molecule has 2 aromatic carbocycles. The van der Waals surface area contributed by atoms with Crippen LogP contribution in [0.4, 0.5) is 5.69 Å². The largest absolute Gasteiger partial charge is 0.481 e. The van der Waals surface area contributed by atoms with Crippen LogP contribution < -0.4 is 15.0 Å². The first-order chi connectivity index (χ1) is 14.4. The van der Waals surface area contributed by atoms with E-state index in [0.29, 0.717) is 6.42 Å². The molecule has 4 nitrogen and oxygen atoms in total. The molecule has 0 radical (unpaired) electrons. The van der Waals surface area contributed by atoms with Crippen LogP contribution in [0.5, 0.6) is 5.75 Å². The monoisotopic (exact) mass is 408 g/mol. The number of hydrogen-bond acceptors (Lipinski definition) is 3. The van der Waals surface area contributed by atoms with E-state index in [1.54, 1.807) is 0 Å². The van der Waals surface area contributed by atoms with Gasteiger partial charge in [0.2, 0.25) is 0 Å². The molecule has 1 fully saturated rings. The van der Waals surface area contributed by atoms with Gasteiger partial charge in [-0.15, -0.1) is 0 Å². The summed E-state index contributed by atoms with van der Waals surface area (Å²) in [6.07, 6.45) is 2.70. The topological polar surface area (TPSA) is 41.6 Å². The van der Waals surface area contributed by atoms with Crippen LogP contribution in [0.1, 0.15) is 62.8 Å². The number of rotatable bonds is 7. The third-order valence-corrected chi connectivity index (χ3v) is 5.91. The number of nitrogens with one attached hydrogen (secondary N) is 1. The van der Waals surface area contributed by atoms with E-state index in [0.717, 1.165) is 41.4 Å². The van der Waals surface area contributed by atoms with Crippen molar-refractivity contribution < 1.29 is 9.53 Å². The number of carbonyl (C=O) groups excluding carboxylic acids is 1. The third kappa shape index (κ3) is 5.78. The minimum absolute atomic E-state index is 0.0660. The average Bonchev–Trinajstić information content (AvgIpc) is 2.71. The van der Waals surface area contributed by atoms with Crippen molar-refractivity contribution in [2.24, 2.45) is 5.92 Å². The first-order valence-corrected chi connectivity index (χ1v) is 11.3. The molecule has 0 bridgehead atoms. The van der Waals surface area contributed by atoms with Crippen molar-refractivity contribution in [3.8, 4) is 5.75 Å². The molecule has 1 heterocycles. The standard InChI is InChI=1S/C26H36N2O2/c1-6-25(30-24-15-19(3)14-20(4)16-24)26(29)27-21(5)22-9-11-23(12-10-22)28-13-7-8-18(2)17-28/h9-12,14-16,18,21,25H,6-8,13,17H2,1-5H3,(H,27,29)/t18-,21+,25-/m1/s1. The van der Waals surface area contributed by atoms with Gasteiger partial charge in [0.25, 0.3) is 5.91 Å². The molecular weight excluding hydrogens is 372 g/mol. The SMILES string of the molecule is CC[C@@H](Oc1cc(C)cc(C)c1)C(=O)N[C@@H](C)c1ccc(N2CCC[C@@H](C)C2)cc1. The Morgan fingerprint density at radius 1 is 1.17 bits per heavy atom. The van der Waals surface area contributed by atoms with Crippen LogP contribution in [0, 0.1) is 19.8 Å².